The van der Waals surface area contributed by atoms with Crippen LogP contribution in [0.15, 0.2) is 0 Å². The smallest absolute Gasteiger partial charge is 0.100 e. The molecule has 1 atom stereocenters. The maximum atomic E-state index is 8.63. The lowest BCUT2D eigenvalue weighted by molar-refractivity contribution is -0.0328. The largest absolute Gasteiger partial charge is 0.396 e. The number of aliphatic hydroxyl groups is 7. The molecule has 0 aromatic heterocycles. The number of hydrogen-bond acceptors (Lipinski definition) is 8. The molecule has 0 aliphatic rings. The van der Waals surface area contributed by atoms with Crippen LogP contribution < -0.4 is 0 Å². The second-order valence-corrected chi connectivity index (χ2v) is 3.77. The molecular formula is C10H24O8. The van der Waals surface area contributed by atoms with E-state index in [1.165, 1.54) is 0 Å². The summed E-state index contributed by atoms with van der Waals surface area (Å²) in [4.78, 5) is 0. The summed E-state index contributed by atoms with van der Waals surface area (Å²) < 4.78 is 4.68. The van der Waals surface area contributed by atoms with E-state index in [0.29, 0.717) is 0 Å². The molecule has 7 N–H and O–H groups in total. The van der Waals surface area contributed by atoms with Crippen molar-refractivity contribution in [3.63, 3.8) is 0 Å². The molecule has 0 aromatic rings. The van der Waals surface area contributed by atoms with Gasteiger partial charge in [-0.15, -0.1) is 0 Å². The Bertz CT molecular complexity index is 144. The van der Waals surface area contributed by atoms with Crippen LogP contribution in [0.3, 0.4) is 0 Å². The van der Waals surface area contributed by atoms with Gasteiger partial charge in [-0.2, -0.15) is 0 Å². The Kier molecular flexibility index (Phi) is 14.6. The molecule has 112 valence electrons. The van der Waals surface area contributed by atoms with E-state index in [-0.39, 0.29) is 26.4 Å². The molecule has 0 aliphatic carbocycles. The van der Waals surface area contributed by atoms with Crippen molar-refractivity contribution in [1.82, 2.24) is 0 Å². The Labute approximate surface area is 106 Å². The number of ether oxygens (including phenoxy) is 1. The van der Waals surface area contributed by atoms with E-state index < -0.39 is 37.9 Å². The highest BCUT2D eigenvalue weighted by atomic mass is 16.5. The second-order valence-electron chi connectivity index (χ2n) is 3.77. The predicted molar refractivity (Wildman–Crippen MR) is 61.8 cm³/mol. The van der Waals surface area contributed by atoms with Crippen molar-refractivity contribution >= 4 is 0 Å². The first kappa shape index (κ1) is 20.0. The van der Waals surface area contributed by atoms with Gasteiger partial charge in [0.1, 0.15) is 6.10 Å². The van der Waals surface area contributed by atoms with Crippen LogP contribution in [0.2, 0.25) is 0 Å². The van der Waals surface area contributed by atoms with Gasteiger partial charge in [0, 0.05) is 0 Å². The van der Waals surface area contributed by atoms with Gasteiger partial charge in [-0.1, -0.05) is 0 Å². The first-order valence-electron chi connectivity index (χ1n) is 5.46. The van der Waals surface area contributed by atoms with Crippen LogP contribution in [0, 0.1) is 5.41 Å². The van der Waals surface area contributed by atoms with Crippen molar-refractivity contribution < 1.29 is 40.5 Å². The summed E-state index contributed by atoms with van der Waals surface area (Å²) in [6, 6.07) is 0. The van der Waals surface area contributed by atoms with Gasteiger partial charge in [-0.05, 0) is 0 Å². The zero-order valence-electron chi connectivity index (χ0n) is 10.3. The van der Waals surface area contributed by atoms with Gasteiger partial charge in [0.2, 0.25) is 0 Å². The van der Waals surface area contributed by atoms with Crippen molar-refractivity contribution in [3.05, 3.63) is 0 Å². The molecule has 0 fully saturated rings. The molecule has 0 saturated carbocycles. The third-order valence-electron chi connectivity index (χ3n) is 2.10. The highest BCUT2D eigenvalue weighted by molar-refractivity contribution is 4.74. The van der Waals surface area contributed by atoms with Crippen LogP contribution in [-0.2, 0) is 4.74 Å². The Morgan fingerprint density at radius 1 is 0.833 bits per heavy atom. The molecule has 0 radical (unpaired) electrons. The van der Waals surface area contributed by atoms with Gasteiger partial charge in [0.25, 0.3) is 0 Å². The molecular weight excluding hydrogens is 248 g/mol. The highest BCUT2D eigenvalue weighted by Crippen LogP contribution is 2.11. The van der Waals surface area contributed by atoms with E-state index in [2.05, 4.69) is 4.74 Å². The van der Waals surface area contributed by atoms with Crippen LogP contribution in [0.25, 0.3) is 0 Å². The van der Waals surface area contributed by atoms with Crippen LogP contribution >= 0.6 is 0 Å². The fraction of sp³-hybridized carbons (Fsp3) is 1.00. The van der Waals surface area contributed by atoms with Crippen molar-refractivity contribution in [1.29, 1.82) is 0 Å². The fourth-order valence-corrected chi connectivity index (χ4v) is 0.637. The molecule has 8 nitrogen and oxygen atoms in total. The van der Waals surface area contributed by atoms with Gasteiger partial charge < -0.3 is 40.5 Å². The Balaban J connectivity index is 0. The monoisotopic (exact) mass is 272 g/mol. The van der Waals surface area contributed by atoms with Crippen molar-refractivity contribution in [3.8, 4) is 0 Å². The Hall–Kier alpha value is -0.320. The topological polar surface area (TPSA) is 151 Å². The van der Waals surface area contributed by atoms with E-state index in [9.17, 15) is 0 Å². The summed E-state index contributed by atoms with van der Waals surface area (Å²) in [6.07, 6.45) is -0.823. The SMILES string of the molecule is OCC(CO)(CO)CO.OCCOCC(O)CO. The lowest BCUT2D eigenvalue weighted by Gasteiger charge is -2.23. The van der Waals surface area contributed by atoms with Crippen LogP contribution in [-0.4, -0.2) is 94.7 Å². The van der Waals surface area contributed by atoms with Gasteiger partial charge in [0.15, 0.2) is 0 Å². The molecule has 0 amide bonds. The van der Waals surface area contributed by atoms with Crippen molar-refractivity contribution in [2.75, 3.05) is 52.9 Å². The van der Waals surface area contributed by atoms with Crippen molar-refractivity contribution in [2.24, 2.45) is 5.41 Å². The predicted octanol–water partition coefficient (Wildman–Crippen LogP) is -3.71. The zero-order valence-corrected chi connectivity index (χ0v) is 10.3. The van der Waals surface area contributed by atoms with E-state index >= 15 is 0 Å². The molecule has 0 aromatic carbocycles. The first-order chi connectivity index (χ1) is 8.55. The molecule has 0 saturated heterocycles. The highest BCUT2D eigenvalue weighted by Gasteiger charge is 2.26. The summed E-state index contributed by atoms with van der Waals surface area (Å²) >= 11 is 0. The van der Waals surface area contributed by atoms with Gasteiger partial charge in [0.05, 0.1) is 58.3 Å². The molecule has 1 unspecified atom stereocenters. The molecule has 0 spiro atoms. The lowest BCUT2D eigenvalue weighted by atomic mass is 9.93. The molecule has 0 aliphatic heterocycles. The van der Waals surface area contributed by atoms with E-state index in [1.807, 2.05) is 0 Å². The quantitative estimate of drug-likeness (QED) is 0.212. The van der Waals surface area contributed by atoms with Gasteiger partial charge in [-0.25, -0.2) is 0 Å². The average Bonchev–Trinajstić information content (AvgIpc) is 2.43. The second kappa shape index (κ2) is 13.1. The standard InChI is InChI=1S/2C5H12O4/c6-1-5(2-7,3-8)4-9;6-1-2-9-4-5(8)3-7/h6-9H,1-4H2;5-8H,1-4H2. The number of rotatable bonds is 9. The minimum absolute atomic E-state index is 0.0574. The van der Waals surface area contributed by atoms with Crippen molar-refractivity contribution in [2.45, 2.75) is 6.10 Å². The number of hydrogen-bond donors (Lipinski definition) is 7. The van der Waals surface area contributed by atoms with Crippen LogP contribution in [0.5, 0.6) is 0 Å². The summed E-state index contributed by atoms with van der Waals surface area (Å²) in [5.74, 6) is 0. The molecule has 8 heteroatoms. The number of aliphatic hydroxyl groups excluding tert-OH is 7. The van der Waals surface area contributed by atoms with Gasteiger partial charge >= 0.3 is 0 Å². The minimum Gasteiger partial charge on any atom is -0.396 e. The Morgan fingerprint density at radius 3 is 1.50 bits per heavy atom. The van der Waals surface area contributed by atoms with Crippen LogP contribution in [0.4, 0.5) is 0 Å². The van der Waals surface area contributed by atoms with E-state index in [1.54, 1.807) is 0 Å². The normalized spacial score (nSPS) is 12.8. The summed E-state index contributed by atoms with van der Waals surface area (Å²) in [5, 5.41) is 59.0. The molecule has 18 heavy (non-hydrogen) atoms. The maximum absolute atomic E-state index is 8.63. The summed E-state index contributed by atoms with van der Waals surface area (Å²) in [6.45, 7) is -1.70. The lowest BCUT2D eigenvalue weighted by Crippen LogP contribution is -2.37. The molecule has 0 rings (SSSR count). The first-order valence-corrected chi connectivity index (χ1v) is 5.46. The molecule has 0 bridgehead atoms. The third-order valence-corrected chi connectivity index (χ3v) is 2.10. The average molecular weight is 272 g/mol. The third kappa shape index (κ3) is 9.68. The fourth-order valence-electron chi connectivity index (χ4n) is 0.637. The summed E-state index contributed by atoms with van der Waals surface area (Å²) in [5.41, 5.74) is -1.11. The maximum Gasteiger partial charge on any atom is 0.100 e. The van der Waals surface area contributed by atoms with Crippen LogP contribution in [0.1, 0.15) is 0 Å². The van der Waals surface area contributed by atoms with E-state index in [4.69, 9.17) is 35.7 Å². The zero-order chi connectivity index (χ0) is 14.4. The van der Waals surface area contributed by atoms with Gasteiger partial charge in [-0.3, -0.25) is 0 Å². The Morgan fingerprint density at radius 2 is 1.28 bits per heavy atom. The van der Waals surface area contributed by atoms with E-state index in [0.717, 1.165) is 0 Å². The summed E-state index contributed by atoms with van der Waals surface area (Å²) in [7, 11) is 0. The molecule has 0 heterocycles. The minimum atomic E-state index is -1.11.